The minimum atomic E-state index is -1.38. The van der Waals surface area contributed by atoms with E-state index in [1.165, 1.54) is 6.92 Å². The molecule has 2 heterocycles. The first kappa shape index (κ1) is 14.4. The Labute approximate surface area is 122 Å². The highest BCUT2D eigenvalue weighted by Gasteiger charge is 2.40. The van der Waals surface area contributed by atoms with Crippen LogP contribution in [0.15, 0.2) is 10.6 Å². The van der Waals surface area contributed by atoms with Crippen LogP contribution in [0.25, 0.3) is 11.0 Å². The fourth-order valence-electron chi connectivity index (χ4n) is 2.32. The number of nitrogens with zero attached hydrogens (tertiary/aromatic N) is 2. The fraction of sp³-hybridized carbons (Fsp3) is 0.308. The van der Waals surface area contributed by atoms with Gasteiger partial charge in [-0.3, -0.25) is 4.79 Å². The minimum Gasteiger partial charge on any atom is -0.447 e. The SMILES string of the molecule is C[C@H](O)[C@H]1COC(=O)N1c1noc2c(F)c(F)c(C=O)cc12. The Kier molecular flexibility index (Phi) is 3.28. The second-order valence-electron chi connectivity index (χ2n) is 4.85. The summed E-state index contributed by atoms with van der Waals surface area (Å²) < 4.78 is 37.0. The highest BCUT2D eigenvalue weighted by Crippen LogP contribution is 2.34. The second kappa shape index (κ2) is 5.02. The lowest BCUT2D eigenvalue weighted by molar-refractivity contribution is 0.111. The first-order chi connectivity index (χ1) is 10.5. The standard InChI is InChI=1S/C13H10F2N2O5/c1-5(19)8-4-21-13(20)17(8)12-7-2-6(3-18)9(14)10(15)11(7)22-16-12/h2-3,5,8,19H,4H2,1H3/t5-,8+/m0/s1. The maximum atomic E-state index is 13.8. The summed E-state index contributed by atoms with van der Waals surface area (Å²) in [5, 5.41) is 13.2. The van der Waals surface area contributed by atoms with Gasteiger partial charge in [-0.15, -0.1) is 0 Å². The van der Waals surface area contributed by atoms with E-state index in [1.54, 1.807) is 0 Å². The molecule has 1 aliphatic rings. The lowest BCUT2D eigenvalue weighted by Gasteiger charge is -2.20. The van der Waals surface area contributed by atoms with Crippen molar-refractivity contribution in [2.75, 3.05) is 11.5 Å². The molecule has 0 unspecified atom stereocenters. The number of aldehydes is 1. The van der Waals surface area contributed by atoms with E-state index in [9.17, 15) is 23.5 Å². The molecule has 2 aromatic rings. The number of halogens is 2. The molecule has 116 valence electrons. The number of anilines is 1. The van der Waals surface area contributed by atoms with Crippen molar-refractivity contribution in [1.82, 2.24) is 5.16 Å². The zero-order chi connectivity index (χ0) is 16.0. The summed E-state index contributed by atoms with van der Waals surface area (Å²) in [4.78, 5) is 23.6. The molecule has 1 N–H and O–H groups in total. The van der Waals surface area contributed by atoms with Crippen molar-refractivity contribution in [2.45, 2.75) is 19.1 Å². The maximum Gasteiger partial charge on any atom is 0.416 e. The van der Waals surface area contributed by atoms with Gasteiger partial charge >= 0.3 is 6.09 Å². The predicted octanol–water partition coefficient (Wildman–Crippen LogP) is 1.62. The topological polar surface area (TPSA) is 92.9 Å². The number of aromatic nitrogens is 1. The lowest BCUT2D eigenvalue weighted by atomic mass is 10.1. The number of amides is 1. The average Bonchev–Trinajstić information content (AvgIpc) is 3.05. The zero-order valence-electron chi connectivity index (χ0n) is 11.2. The number of cyclic esters (lactones) is 1. The summed E-state index contributed by atoms with van der Waals surface area (Å²) in [6.07, 6.45) is -1.61. The Balaban J connectivity index is 2.21. The molecule has 1 aromatic heterocycles. The quantitative estimate of drug-likeness (QED) is 0.866. The highest BCUT2D eigenvalue weighted by atomic mass is 19.2. The van der Waals surface area contributed by atoms with E-state index in [1.807, 2.05) is 0 Å². The van der Waals surface area contributed by atoms with Crippen LogP contribution in [0.2, 0.25) is 0 Å². The van der Waals surface area contributed by atoms with E-state index < -0.39 is 41.0 Å². The number of carbonyl (C=O) groups excluding carboxylic acids is 2. The fourth-order valence-corrected chi connectivity index (χ4v) is 2.32. The molecule has 7 nitrogen and oxygen atoms in total. The second-order valence-corrected chi connectivity index (χ2v) is 4.85. The normalized spacial score (nSPS) is 19.5. The summed E-state index contributed by atoms with van der Waals surface area (Å²) in [5.41, 5.74) is -1.06. The van der Waals surface area contributed by atoms with E-state index in [-0.39, 0.29) is 24.1 Å². The lowest BCUT2D eigenvalue weighted by Crippen LogP contribution is -2.41. The molecule has 2 atom stereocenters. The predicted molar refractivity (Wildman–Crippen MR) is 68.6 cm³/mol. The van der Waals surface area contributed by atoms with Crippen molar-refractivity contribution < 1.29 is 32.7 Å². The van der Waals surface area contributed by atoms with Crippen LogP contribution in [0, 0.1) is 11.6 Å². The third kappa shape index (κ3) is 1.93. The number of aliphatic hydroxyl groups is 1. The third-order valence-corrected chi connectivity index (χ3v) is 3.47. The Hall–Kier alpha value is -2.55. The molecule has 0 spiro atoms. The zero-order valence-corrected chi connectivity index (χ0v) is 11.2. The summed E-state index contributed by atoms with van der Waals surface area (Å²) >= 11 is 0. The summed E-state index contributed by atoms with van der Waals surface area (Å²) in [7, 11) is 0. The van der Waals surface area contributed by atoms with Crippen LogP contribution in [0.5, 0.6) is 0 Å². The van der Waals surface area contributed by atoms with Gasteiger partial charge in [0.05, 0.1) is 17.1 Å². The molecule has 1 aliphatic heterocycles. The van der Waals surface area contributed by atoms with Gasteiger partial charge in [-0.1, -0.05) is 5.16 Å². The molecule has 9 heteroatoms. The van der Waals surface area contributed by atoms with Crippen molar-refractivity contribution >= 4 is 29.2 Å². The van der Waals surface area contributed by atoms with Gasteiger partial charge in [-0.05, 0) is 13.0 Å². The number of ether oxygens (including phenoxy) is 1. The molecule has 1 amide bonds. The van der Waals surface area contributed by atoms with Crippen molar-refractivity contribution in [3.05, 3.63) is 23.3 Å². The van der Waals surface area contributed by atoms with Crippen LogP contribution < -0.4 is 4.90 Å². The Morgan fingerprint density at radius 3 is 2.86 bits per heavy atom. The summed E-state index contributed by atoms with van der Waals surface area (Å²) in [6, 6.07) is 0.269. The van der Waals surface area contributed by atoms with Crippen LogP contribution in [0.1, 0.15) is 17.3 Å². The van der Waals surface area contributed by atoms with Crippen molar-refractivity contribution in [2.24, 2.45) is 0 Å². The number of benzene rings is 1. The smallest absolute Gasteiger partial charge is 0.416 e. The summed E-state index contributed by atoms with van der Waals surface area (Å²) in [5.74, 6) is -2.88. The van der Waals surface area contributed by atoms with E-state index in [0.29, 0.717) is 0 Å². The molecular weight excluding hydrogens is 302 g/mol. The molecule has 22 heavy (non-hydrogen) atoms. The number of hydrogen-bond donors (Lipinski definition) is 1. The Morgan fingerprint density at radius 1 is 1.50 bits per heavy atom. The van der Waals surface area contributed by atoms with Gasteiger partial charge in [-0.25, -0.2) is 14.1 Å². The molecule has 1 fully saturated rings. The molecule has 1 saturated heterocycles. The van der Waals surface area contributed by atoms with Crippen molar-refractivity contribution in [1.29, 1.82) is 0 Å². The van der Waals surface area contributed by atoms with Crippen LogP contribution >= 0.6 is 0 Å². The molecule has 3 rings (SSSR count). The number of carbonyl (C=O) groups is 2. The van der Waals surface area contributed by atoms with E-state index in [2.05, 4.69) is 5.16 Å². The minimum absolute atomic E-state index is 0.0644. The largest absolute Gasteiger partial charge is 0.447 e. The van der Waals surface area contributed by atoms with Crippen LogP contribution in [0.4, 0.5) is 19.4 Å². The first-order valence-electron chi connectivity index (χ1n) is 6.32. The van der Waals surface area contributed by atoms with Crippen molar-refractivity contribution in [3.63, 3.8) is 0 Å². The van der Waals surface area contributed by atoms with Gasteiger partial charge in [0, 0.05) is 0 Å². The Bertz CT molecular complexity index is 773. The van der Waals surface area contributed by atoms with Crippen LogP contribution in [-0.2, 0) is 4.74 Å². The molecule has 0 bridgehead atoms. The van der Waals surface area contributed by atoms with Gasteiger partial charge in [0.1, 0.15) is 12.6 Å². The number of hydrogen-bond acceptors (Lipinski definition) is 6. The van der Waals surface area contributed by atoms with E-state index in [4.69, 9.17) is 9.26 Å². The maximum absolute atomic E-state index is 13.8. The molecule has 0 aliphatic carbocycles. The Morgan fingerprint density at radius 2 is 2.23 bits per heavy atom. The van der Waals surface area contributed by atoms with Crippen molar-refractivity contribution in [3.8, 4) is 0 Å². The van der Waals surface area contributed by atoms with Crippen LogP contribution in [-0.4, -0.2) is 41.4 Å². The molecule has 0 saturated carbocycles. The number of aliphatic hydroxyl groups excluding tert-OH is 1. The molecular formula is C13H10F2N2O5. The molecule has 1 aromatic carbocycles. The monoisotopic (exact) mass is 312 g/mol. The van der Waals surface area contributed by atoms with Gasteiger partial charge in [-0.2, -0.15) is 4.39 Å². The average molecular weight is 312 g/mol. The van der Waals surface area contributed by atoms with Gasteiger partial charge in [0.15, 0.2) is 17.9 Å². The van der Waals surface area contributed by atoms with Crippen LogP contribution in [0.3, 0.4) is 0 Å². The summed E-state index contributed by atoms with van der Waals surface area (Å²) in [6.45, 7) is 1.36. The van der Waals surface area contributed by atoms with Gasteiger partial charge < -0.3 is 14.4 Å². The third-order valence-electron chi connectivity index (χ3n) is 3.47. The highest BCUT2D eigenvalue weighted by molar-refractivity contribution is 6.01. The number of rotatable bonds is 3. The van der Waals surface area contributed by atoms with Gasteiger partial charge in [0.2, 0.25) is 11.4 Å². The van der Waals surface area contributed by atoms with E-state index >= 15 is 0 Å². The molecule has 0 radical (unpaired) electrons. The van der Waals surface area contributed by atoms with E-state index in [0.717, 1.165) is 11.0 Å². The number of fused-ring (bicyclic) bond motifs is 1. The van der Waals surface area contributed by atoms with Gasteiger partial charge in [0.25, 0.3) is 0 Å². The first-order valence-corrected chi connectivity index (χ1v) is 6.32.